The molecule has 2 aromatic carbocycles. The van der Waals surface area contributed by atoms with Crippen molar-refractivity contribution in [2.45, 2.75) is 39.7 Å². The highest BCUT2D eigenvalue weighted by Crippen LogP contribution is 2.23. The number of aryl methyl sites for hydroxylation is 2. The number of hydrogen-bond acceptors (Lipinski definition) is 3. The molecule has 1 aromatic heterocycles. The van der Waals surface area contributed by atoms with Crippen molar-refractivity contribution < 1.29 is 4.79 Å². The van der Waals surface area contributed by atoms with Crippen molar-refractivity contribution in [2.75, 3.05) is 12.0 Å². The molecular formula is C22H26N2OS2. The largest absolute Gasteiger partial charge is 0.316 e. The number of carbonyl (C=O) groups excluding carboxylic acids is 1. The van der Waals surface area contributed by atoms with Gasteiger partial charge in [-0.05, 0) is 54.0 Å². The third-order valence-corrected chi connectivity index (χ3v) is 6.18. The molecule has 27 heavy (non-hydrogen) atoms. The molecule has 1 heterocycles. The van der Waals surface area contributed by atoms with Crippen LogP contribution in [0.4, 0.5) is 0 Å². The average molecular weight is 399 g/mol. The van der Waals surface area contributed by atoms with Crippen LogP contribution in [-0.4, -0.2) is 22.5 Å². The number of thioether (sulfide) groups is 1. The van der Waals surface area contributed by atoms with Crippen LogP contribution in [0.25, 0.3) is 10.2 Å². The predicted molar refractivity (Wildman–Crippen MR) is 118 cm³/mol. The Bertz CT molecular complexity index is 1020. The van der Waals surface area contributed by atoms with Gasteiger partial charge >= 0.3 is 0 Å². The molecule has 3 rings (SSSR count). The predicted octanol–water partition coefficient (Wildman–Crippen LogP) is 5.41. The number of nitrogens with zero attached hydrogens (tertiary/aromatic N) is 2. The van der Waals surface area contributed by atoms with E-state index in [4.69, 9.17) is 0 Å². The van der Waals surface area contributed by atoms with E-state index in [2.05, 4.69) is 61.7 Å². The molecule has 3 aromatic rings. The Morgan fingerprint density at radius 3 is 2.48 bits per heavy atom. The Morgan fingerprint density at radius 2 is 1.85 bits per heavy atom. The van der Waals surface area contributed by atoms with E-state index >= 15 is 0 Å². The number of aromatic nitrogens is 1. The van der Waals surface area contributed by atoms with Gasteiger partial charge in [0.05, 0.1) is 10.2 Å². The van der Waals surface area contributed by atoms with Gasteiger partial charge in [-0.2, -0.15) is 16.8 Å². The minimum Gasteiger partial charge on any atom is -0.316 e. The number of carbonyl (C=O) groups is 1. The zero-order chi connectivity index (χ0) is 19.6. The Morgan fingerprint density at radius 1 is 1.15 bits per heavy atom. The molecule has 0 unspecified atom stereocenters. The van der Waals surface area contributed by atoms with Gasteiger partial charge in [-0.1, -0.05) is 50.3 Å². The normalized spacial score (nSPS) is 12.7. The highest BCUT2D eigenvalue weighted by molar-refractivity contribution is 7.98. The molecule has 0 spiro atoms. The number of benzene rings is 2. The third kappa shape index (κ3) is 4.53. The first-order chi connectivity index (χ1) is 12.8. The van der Waals surface area contributed by atoms with Crippen LogP contribution in [0.15, 0.2) is 47.5 Å². The first kappa shape index (κ1) is 19.9. The highest BCUT2D eigenvalue weighted by atomic mass is 32.2. The van der Waals surface area contributed by atoms with Crippen LogP contribution in [-0.2, 0) is 12.0 Å². The summed E-state index contributed by atoms with van der Waals surface area (Å²) >= 11 is 3.38. The minimum atomic E-state index is -0.184. The lowest BCUT2D eigenvalue weighted by Gasteiger charge is -2.18. The number of thiazole rings is 1. The summed E-state index contributed by atoms with van der Waals surface area (Å²) in [4.78, 5) is 18.0. The van der Waals surface area contributed by atoms with Gasteiger partial charge in [0.25, 0.3) is 5.91 Å². The fraction of sp³-hybridized carbons (Fsp3) is 0.364. The Kier molecular flexibility index (Phi) is 5.92. The molecule has 0 saturated heterocycles. The Balaban J connectivity index is 2.02. The maximum atomic E-state index is 12.8. The van der Waals surface area contributed by atoms with Crippen molar-refractivity contribution in [3.8, 4) is 0 Å². The SMILES string of the molecule is CSCCn1c(=NC(=O)c2ccc(C(C)(C)C)cc2)sc2cc(C)ccc21. The maximum Gasteiger partial charge on any atom is 0.279 e. The van der Waals surface area contributed by atoms with Crippen LogP contribution in [0.2, 0.25) is 0 Å². The monoisotopic (exact) mass is 398 g/mol. The van der Waals surface area contributed by atoms with Crippen molar-refractivity contribution in [1.82, 2.24) is 4.57 Å². The van der Waals surface area contributed by atoms with E-state index in [1.54, 1.807) is 23.1 Å². The second kappa shape index (κ2) is 8.03. The summed E-state index contributed by atoms with van der Waals surface area (Å²) in [6.45, 7) is 9.44. The second-order valence-corrected chi connectivity index (χ2v) is 9.74. The zero-order valence-electron chi connectivity index (χ0n) is 16.6. The molecule has 3 nitrogen and oxygen atoms in total. The van der Waals surface area contributed by atoms with E-state index < -0.39 is 0 Å². The van der Waals surface area contributed by atoms with Crippen LogP contribution in [0, 0.1) is 6.92 Å². The van der Waals surface area contributed by atoms with Crippen molar-refractivity contribution in [2.24, 2.45) is 4.99 Å². The van der Waals surface area contributed by atoms with Gasteiger partial charge in [-0.15, -0.1) is 0 Å². The van der Waals surface area contributed by atoms with Crippen LogP contribution < -0.4 is 4.80 Å². The Hall–Kier alpha value is -1.85. The van der Waals surface area contributed by atoms with E-state index in [-0.39, 0.29) is 11.3 Å². The van der Waals surface area contributed by atoms with E-state index in [9.17, 15) is 4.79 Å². The third-order valence-electron chi connectivity index (χ3n) is 4.55. The number of amides is 1. The molecule has 0 fully saturated rings. The van der Waals surface area contributed by atoms with Crippen LogP contribution in [0.5, 0.6) is 0 Å². The maximum absolute atomic E-state index is 12.8. The van der Waals surface area contributed by atoms with Crippen molar-refractivity contribution in [3.05, 3.63) is 64.0 Å². The first-order valence-electron chi connectivity index (χ1n) is 9.08. The van der Waals surface area contributed by atoms with E-state index in [0.717, 1.165) is 22.6 Å². The summed E-state index contributed by atoms with van der Waals surface area (Å²) in [7, 11) is 0. The summed E-state index contributed by atoms with van der Waals surface area (Å²) in [5.41, 5.74) is 4.29. The van der Waals surface area contributed by atoms with Crippen molar-refractivity contribution in [3.63, 3.8) is 0 Å². The Labute approximate surface area is 169 Å². The lowest BCUT2D eigenvalue weighted by molar-refractivity contribution is 0.0998. The van der Waals surface area contributed by atoms with Crippen LogP contribution >= 0.6 is 23.1 Å². The quantitative estimate of drug-likeness (QED) is 0.589. The summed E-state index contributed by atoms with van der Waals surface area (Å²) in [5.74, 6) is 0.804. The van der Waals surface area contributed by atoms with Crippen LogP contribution in [0.1, 0.15) is 42.3 Å². The van der Waals surface area contributed by atoms with Gasteiger partial charge in [0.15, 0.2) is 4.80 Å². The molecule has 0 radical (unpaired) electrons. The van der Waals surface area contributed by atoms with Gasteiger partial charge in [-0.3, -0.25) is 4.79 Å². The number of fused-ring (bicyclic) bond motifs is 1. The molecule has 0 bridgehead atoms. The zero-order valence-corrected chi connectivity index (χ0v) is 18.2. The standard InChI is InChI=1S/C22H26N2OS2/c1-15-6-11-18-19(14-15)27-21(24(18)12-13-26-5)23-20(25)16-7-9-17(10-8-16)22(2,3)4/h6-11,14H,12-13H2,1-5H3. The van der Waals surface area contributed by atoms with Crippen LogP contribution in [0.3, 0.4) is 0 Å². The van der Waals surface area contributed by atoms with Crippen molar-refractivity contribution >= 4 is 39.2 Å². The van der Waals surface area contributed by atoms with Gasteiger partial charge in [0.1, 0.15) is 0 Å². The minimum absolute atomic E-state index is 0.0723. The molecule has 1 amide bonds. The molecule has 5 heteroatoms. The van der Waals surface area contributed by atoms with E-state index in [1.807, 2.05) is 24.3 Å². The number of rotatable bonds is 4. The van der Waals surface area contributed by atoms with E-state index in [1.165, 1.54) is 15.8 Å². The fourth-order valence-corrected chi connectivity index (χ4v) is 4.45. The summed E-state index contributed by atoms with van der Waals surface area (Å²) in [6.07, 6.45) is 2.10. The molecule has 0 aliphatic rings. The fourth-order valence-electron chi connectivity index (χ4n) is 2.93. The van der Waals surface area contributed by atoms with Gasteiger partial charge in [0.2, 0.25) is 0 Å². The topological polar surface area (TPSA) is 34.4 Å². The molecule has 0 atom stereocenters. The summed E-state index contributed by atoms with van der Waals surface area (Å²) in [5, 5.41) is 0. The molecule has 0 saturated carbocycles. The molecule has 0 N–H and O–H groups in total. The highest BCUT2D eigenvalue weighted by Gasteiger charge is 2.14. The smallest absolute Gasteiger partial charge is 0.279 e. The second-order valence-electron chi connectivity index (χ2n) is 7.74. The average Bonchev–Trinajstić information content (AvgIpc) is 2.95. The van der Waals surface area contributed by atoms with Gasteiger partial charge in [-0.25, -0.2) is 0 Å². The molecule has 142 valence electrons. The first-order valence-corrected chi connectivity index (χ1v) is 11.3. The lowest BCUT2D eigenvalue weighted by Crippen LogP contribution is -2.18. The summed E-state index contributed by atoms with van der Waals surface area (Å²) in [6, 6.07) is 14.2. The number of hydrogen-bond donors (Lipinski definition) is 0. The molecule has 0 aliphatic heterocycles. The molecule has 0 aliphatic carbocycles. The molecular weight excluding hydrogens is 372 g/mol. The van der Waals surface area contributed by atoms with Gasteiger partial charge in [0, 0.05) is 17.9 Å². The van der Waals surface area contributed by atoms with Gasteiger partial charge < -0.3 is 4.57 Å². The van der Waals surface area contributed by atoms with E-state index in [0.29, 0.717) is 5.56 Å². The summed E-state index contributed by atoms with van der Waals surface area (Å²) < 4.78 is 3.34. The van der Waals surface area contributed by atoms with Crippen molar-refractivity contribution in [1.29, 1.82) is 0 Å². The lowest BCUT2D eigenvalue weighted by atomic mass is 9.87.